The van der Waals surface area contributed by atoms with Crippen LogP contribution >= 0.6 is 0 Å². The van der Waals surface area contributed by atoms with Crippen LogP contribution in [0.2, 0.25) is 0 Å². The maximum atomic E-state index is 12.6. The fraction of sp³-hybridized carbons (Fsp3) is 0.579. The summed E-state index contributed by atoms with van der Waals surface area (Å²) in [7, 11) is 0. The molecule has 1 amide bonds. The summed E-state index contributed by atoms with van der Waals surface area (Å²) in [4.78, 5) is 26.0. The van der Waals surface area contributed by atoms with Gasteiger partial charge in [0.05, 0.1) is 12.0 Å². The topological polar surface area (TPSA) is 66.8 Å². The van der Waals surface area contributed by atoms with E-state index in [1.807, 2.05) is 13.8 Å². The fourth-order valence-corrected chi connectivity index (χ4v) is 3.11. The first-order valence-electron chi connectivity index (χ1n) is 8.66. The summed E-state index contributed by atoms with van der Waals surface area (Å²) in [6, 6.07) is 7.09. The summed E-state index contributed by atoms with van der Waals surface area (Å²) >= 11 is 0. The number of hydrogen-bond donors (Lipinski definition) is 1. The van der Waals surface area contributed by atoms with Crippen molar-refractivity contribution < 1.29 is 19.4 Å². The van der Waals surface area contributed by atoms with Crippen LogP contribution < -0.4 is 4.74 Å². The van der Waals surface area contributed by atoms with Crippen molar-refractivity contribution >= 4 is 11.9 Å². The minimum atomic E-state index is -0.834. The van der Waals surface area contributed by atoms with Gasteiger partial charge in [-0.25, -0.2) is 0 Å². The third-order valence-corrected chi connectivity index (χ3v) is 4.99. The van der Waals surface area contributed by atoms with Gasteiger partial charge in [0, 0.05) is 18.7 Å². The average molecular weight is 333 g/mol. The Kier molecular flexibility index (Phi) is 5.86. The molecule has 0 aliphatic carbocycles. The summed E-state index contributed by atoms with van der Waals surface area (Å²) < 4.78 is 5.60. The van der Waals surface area contributed by atoms with Crippen molar-refractivity contribution in [2.45, 2.75) is 40.0 Å². The zero-order valence-electron chi connectivity index (χ0n) is 14.7. The number of carbonyl (C=O) groups excluding carboxylic acids is 1. The molecule has 1 saturated heterocycles. The zero-order chi connectivity index (χ0) is 17.7. The van der Waals surface area contributed by atoms with Gasteiger partial charge in [-0.1, -0.05) is 27.2 Å². The quantitative estimate of drug-likeness (QED) is 0.776. The molecule has 5 nitrogen and oxygen atoms in total. The van der Waals surface area contributed by atoms with Gasteiger partial charge in [0.25, 0.3) is 5.91 Å². The molecule has 0 spiro atoms. The van der Waals surface area contributed by atoms with Crippen LogP contribution in [0.1, 0.15) is 50.4 Å². The van der Waals surface area contributed by atoms with E-state index in [4.69, 9.17) is 4.74 Å². The number of aliphatic carboxylic acids is 1. The third-order valence-electron chi connectivity index (χ3n) is 4.99. The van der Waals surface area contributed by atoms with E-state index in [0.29, 0.717) is 25.1 Å². The van der Waals surface area contributed by atoms with Crippen LogP contribution in [0.15, 0.2) is 24.3 Å². The summed E-state index contributed by atoms with van der Waals surface area (Å²) in [5, 5.41) is 9.59. The first kappa shape index (κ1) is 18.3. The SMILES string of the molecule is CCCCOc1ccc(C(=O)N2CCC(C(=O)O)(C(C)C)C2)cc1. The van der Waals surface area contributed by atoms with Gasteiger partial charge in [0.15, 0.2) is 0 Å². The maximum Gasteiger partial charge on any atom is 0.311 e. The van der Waals surface area contributed by atoms with Gasteiger partial charge in [0.1, 0.15) is 5.75 Å². The Morgan fingerprint density at radius 1 is 1.29 bits per heavy atom. The number of amides is 1. The van der Waals surface area contributed by atoms with E-state index in [1.165, 1.54) is 0 Å². The largest absolute Gasteiger partial charge is 0.494 e. The van der Waals surface area contributed by atoms with Gasteiger partial charge < -0.3 is 14.7 Å². The molecule has 1 atom stereocenters. The number of rotatable bonds is 7. The van der Waals surface area contributed by atoms with E-state index >= 15 is 0 Å². The number of hydrogen-bond acceptors (Lipinski definition) is 3. The maximum absolute atomic E-state index is 12.6. The van der Waals surface area contributed by atoms with Crippen molar-refractivity contribution in [3.05, 3.63) is 29.8 Å². The zero-order valence-corrected chi connectivity index (χ0v) is 14.7. The Labute approximate surface area is 143 Å². The number of benzene rings is 1. The highest BCUT2D eigenvalue weighted by Crippen LogP contribution is 2.38. The van der Waals surface area contributed by atoms with Crippen molar-refractivity contribution in [2.24, 2.45) is 11.3 Å². The minimum absolute atomic E-state index is 0.0119. The fourth-order valence-electron chi connectivity index (χ4n) is 3.11. The first-order chi connectivity index (χ1) is 11.4. The molecule has 0 aromatic heterocycles. The lowest BCUT2D eigenvalue weighted by Crippen LogP contribution is -2.40. The van der Waals surface area contributed by atoms with Crippen LogP contribution in [0.5, 0.6) is 5.75 Å². The number of carboxylic acid groups (broad SMARTS) is 1. The van der Waals surface area contributed by atoms with Gasteiger partial charge in [-0.3, -0.25) is 9.59 Å². The number of carbonyl (C=O) groups is 2. The number of ether oxygens (including phenoxy) is 1. The molecule has 1 aliphatic heterocycles. The van der Waals surface area contributed by atoms with Gasteiger partial charge in [-0.2, -0.15) is 0 Å². The van der Waals surface area contributed by atoms with Crippen molar-refractivity contribution in [1.29, 1.82) is 0 Å². The molecule has 5 heteroatoms. The van der Waals surface area contributed by atoms with E-state index in [-0.39, 0.29) is 18.4 Å². The Hall–Kier alpha value is -2.04. The van der Waals surface area contributed by atoms with E-state index in [0.717, 1.165) is 18.6 Å². The molecule has 1 heterocycles. The second-order valence-corrected chi connectivity index (χ2v) is 6.82. The predicted molar refractivity (Wildman–Crippen MR) is 92.3 cm³/mol. The van der Waals surface area contributed by atoms with Crippen LogP contribution in [0.3, 0.4) is 0 Å². The molecule has 1 fully saturated rings. The van der Waals surface area contributed by atoms with Crippen LogP contribution in [-0.2, 0) is 4.79 Å². The second-order valence-electron chi connectivity index (χ2n) is 6.82. The van der Waals surface area contributed by atoms with Crippen LogP contribution in [-0.4, -0.2) is 41.6 Å². The minimum Gasteiger partial charge on any atom is -0.494 e. The van der Waals surface area contributed by atoms with Crippen LogP contribution in [0.4, 0.5) is 0 Å². The molecule has 0 radical (unpaired) electrons. The molecule has 0 saturated carbocycles. The Bertz CT molecular complexity index is 582. The molecule has 2 rings (SSSR count). The summed E-state index contributed by atoms with van der Waals surface area (Å²) in [5.74, 6) is -0.183. The molecule has 1 N–H and O–H groups in total. The Morgan fingerprint density at radius 2 is 1.96 bits per heavy atom. The van der Waals surface area contributed by atoms with Gasteiger partial charge >= 0.3 is 5.97 Å². The highest BCUT2D eigenvalue weighted by molar-refractivity contribution is 5.95. The van der Waals surface area contributed by atoms with Crippen LogP contribution in [0.25, 0.3) is 0 Å². The molecule has 0 bridgehead atoms. The monoisotopic (exact) mass is 333 g/mol. The summed E-state index contributed by atoms with van der Waals surface area (Å²) in [6.07, 6.45) is 2.58. The summed E-state index contributed by atoms with van der Waals surface area (Å²) in [5.41, 5.74) is -0.262. The van der Waals surface area contributed by atoms with Crippen molar-refractivity contribution in [2.75, 3.05) is 19.7 Å². The molecule has 132 valence electrons. The lowest BCUT2D eigenvalue weighted by Gasteiger charge is -2.28. The van der Waals surface area contributed by atoms with Gasteiger partial charge in [-0.15, -0.1) is 0 Å². The molecule has 1 unspecified atom stereocenters. The van der Waals surface area contributed by atoms with Gasteiger partial charge in [0.2, 0.25) is 0 Å². The molecular weight excluding hydrogens is 306 g/mol. The number of nitrogens with zero attached hydrogens (tertiary/aromatic N) is 1. The smallest absolute Gasteiger partial charge is 0.311 e. The standard InChI is InChI=1S/C19H27NO4/c1-4-5-12-24-16-8-6-15(7-9-16)17(21)20-11-10-19(13-20,14(2)3)18(22)23/h6-9,14H,4-5,10-13H2,1-3H3,(H,22,23). The first-order valence-corrected chi connectivity index (χ1v) is 8.66. The van der Waals surface area contributed by atoms with E-state index in [2.05, 4.69) is 6.92 Å². The Balaban J connectivity index is 2.03. The van der Waals surface area contributed by atoms with Crippen molar-refractivity contribution in [3.8, 4) is 5.75 Å². The number of unbranched alkanes of at least 4 members (excludes halogenated alkanes) is 1. The summed E-state index contributed by atoms with van der Waals surface area (Å²) in [6.45, 7) is 7.35. The van der Waals surface area contributed by atoms with E-state index in [9.17, 15) is 14.7 Å². The molecule has 1 aliphatic rings. The molecule has 1 aromatic carbocycles. The molecule has 24 heavy (non-hydrogen) atoms. The van der Waals surface area contributed by atoms with Crippen molar-refractivity contribution in [1.82, 2.24) is 4.90 Å². The highest BCUT2D eigenvalue weighted by Gasteiger charge is 2.48. The second kappa shape index (κ2) is 7.69. The average Bonchev–Trinajstić information content (AvgIpc) is 3.02. The molecule has 1 aromatic rings. The highest BCUT2D eigenvalue weighted by atomic mass is 16.5. The number of likely N-dealkylation sites (tertiary alicyclic amines) is 1. The number of carboxylic acids is 1. The van der Waals surface area contributed by atoms with E-state index < -0.39 is 11.4 Å². The van der Waals surface area contributed by atoms with Crippen molar-refractivity contribution in [3.63, 3.8) is 0 Å². The predicted octanol–water partition coefficient (Wildman–Crippen LogP) is 3.44. The van der Waals surface area contributed by atoms with Crippen LogP contribution in [0, 0.1) is 11.3 Å². The van der Waals surface area contributed by atoms with Gasteiger partial charge in [-0.05, 0) is 43.0 Å². The normalized spacial score (nSPS) is 20.4. The van der Waals surface area contributed by atoms with E-state index in [1.54, 1.807) is 29.2 Å². The Morgan fingerprint density at radius 3 is 2.46 bits per heavy atom. The molecular formula is C19H27NO4. The lowest BCUT2D eigenvalue weighted by atomic mass is 9.76. The lowest BCUT2D eigenvalue weighted by molar-refractivity contribution is -0.150. The third kappa shape index (κ3) is 3.71.